The van der Waals surface area contributed by atoms with Crippen molar-refractivity contribution in [3.05, 3.63) is 77.4 Å². The predicted molar refractivity (Wildman–Crippen MR) is 127 cm³/mol. The molecule has 4 rings (SSSR count). The van der Waals surface area contributed by atoms with E-state index in [1.165, 1.54) is 11.8 Å². The summed E-state index contributed by atoms with van der Waals surface area (Å²) in [5, 5.41) is 16.2. The van der Waals surface area contributed by atoms with Crippen molar-refractivity contribution in [3.63, 3.8) is 0 Å². The third kappa shape index (κ3) is 5.61. The van der Waals surface area contributed by atoms with Crippen LogP contribution in [0.15, 0.2) is 64.2 Å². The van der Waals surface area contributed by atoms with Gasteiger partial charge in [-0.25, -0.2) is 4.68 Å². The van der Waals surface area contributed by atoms with Gasteiger partial charge >= 0.3 is 0 Å². The fourth-order valence-corrected chi connectivity index (χ4v) is 4.08. The Morgan fingerprint density at radius 1 is 1.09 bits per heavy atom. The fraction of sp³-hybridized carbons (Fsp3) is 0.250. The number of methoxy groups -OCH3 is 1. The minimum absolute atomic E-state index is 0.0840. The molecule has 0 spiro atoms. The Hall–Kier alpha value is -3.59. The molecule has 4 aromatic rings. The normalized spacial score (nSPS) is 10.9. The number of para-hydroxylation sites is 1. The Morgan fingerprint density at radius 3 is 2.58 bits per heavy atom. The van der Waals surface area contributed by atoms with Crippen molar-refractivity contribution in [2.45, 2.75) is 31.9 Å². The highest BCUT2D eigenvalue weighted by atomic mass is 32.2. The monoisotopic (exact) mass is 463 g/mol. The standard InChI is InChI=1S/C24H25N5O3S/c1-16-23(17(2)29(28-16)19-7-5-4-6-8-19)25-21(30)13-14-33-24-27-26-22(32-24)15-18-9-11-20(31-3)12-10-18/h4-12H,13-15H2,1-3H3,(H,25,30). The van der Waals surface area contributed by atoms with E-state index in [4.69, 9.17) is 9.15 Å². The molecule has 0 atom stereocenters. The van der Waals surface area contributed by atoms with Crippen molar-refractivity contribution in [3.8, 4) is 11.4 Å². The molecule has 2 aromatic carbocycles. The fourth-order valence-electron chi connectivity index (χ4n) is 3.36. The molecule has 9 heteroatoms. The Morgan fingerprint density at radius 2 is 1.85 bits per heavy atom. The Balaban J connectivity index is 1.28. The van der Waals surface area contributed by atoms with Crippen LogP contribution in [0.1, 0.15) is 29.3 Å². The quantitative estimate of drug-likeness (QED) is 0.363. The summed E-state index contributed by atoms with van der Waals surface area (Å²) in [7, 11) is 1.64. The number of hydrogen-bond donors (Lipinski definition) is 1. The smallest absolute Gasteiger partial charge is 0.276 e. The molecule has 8 nitrogen and oxygen atoms in total. The first kappa shape index (κ1) is 22.6. The SMILES string of the molecule is COc1ccc(Cc2nnc(SCCC(=O)Nc3c(C)nn(-c4ccccc4)c3C)o2)cc1. The summed E-state index contributed by atoms with van der Waals surface area (Å²) >= 11 is 1.37. The summed E-state index contributed by atoms with van der Waals surface area (Å²) in [4.78, 5) is 12.5. The van der Waals surface area contributed by atoms with E-state index in [2.05, 4.69) is 20.6 Å². The van der Waals surface area contributed by atoms with Crippen LogP contribution in [0.4, 0.5) is 5.69 Å². The molecular weight excluding hydrogens is 438 g/mol. The zero-order valence-electron chi connectivity index (χ0n) is 18.7. The number of amides is 1. The van der Waals surface area contributed by atoms with E-state index in [1.807, 2.05) is 73.1 Å². The molecule has 0 bridgehead atoms. The molecule has 0 saturated heterocycles. The molecule has 0 fully saturated rings. The van der Waals surface area contributed by atoms with Crippen LogP contribution in [0.5, 0.6) is 5.75 Å². The van der Waals surface area contributed by atoms with E-state index in [1.54, 1.807) is 7.11 Å². The van der Waals surface area contributed by atoms with Gasteiger partial charge in [-0.05, 0) is 43.7 Å². The molecule has 0 radical (unpaired) electrons. The van der Waals surface area contributed by atoms with Gasteiger partial charge in [0.25, 0.3) is 5.22 Å². The summed E-state index contributed by atoms with van der Waals surface area (Å²) in [6.07, 6.45) is 0.859. The second-order valence-corrected chi connectivity index (χ2v) is 8.47. The van der Waals surface area contributed by atoms with Gasteiger partial charge in [-0.1, -0.05) is 42.1 Å². The lowest BCUT2D eigenvalue weighted by Crippen LogP contribution is -2.13. The molecule has 33 heavy (non-hydrogen) atoms. The van der Waals surface area contributed by atoms with Gasteiger partial charge in [0.15, 0.2) is 0 Å². The van der Waals surface area contributed by atoms with Gasteiger partial charge < -0.3 is 14.5 Å². The van der Waals surface area contributed by atoms with E-state index < -0.39 is 0 Å². The number of nitrogens with one attached hydrogen (secondary N) is 1. The summed E-state index contributed by atoms with van der Waals surface area (Å²) in [6, 6.07) is 17.6. The summed E-state index contributed by atoms with van der Waals surface area (Å²) in [5.41, 5.74) is 4.42. The maximum Gasteiger partial charge on any atom is 0.276 e. The molecule has 0 unspecified atom stereocenters. The number of nitrogens with zero attached hydrogens (tertiary/aromatic N) is 4. The molecule has 2 heterocycles. The average Bonchev–Trinajstić information content (AvgIpc) is 3.39. The number of anilines is 1. The number of carbonyl (C=O) groups excluding carboxylic acids is 1. The minimum atomic E-state index is -0.0840. The zero-order valence-corrected chi connectivity index (χ0v) is 19.6. The van der Waals surface area contributed by atoms with Crippen LogP contribution >= 0.6 is 11.8 Å². The topological polar surface area (TPSA) is 95.1 Å². The number of aromatic nitrogens is 4. The van der Waals surface area contributed by atoms with Crippen LogP contribution in [0.25, 0.3) is 5.69 Å². The third-order valence-corrected chi connectivity index (χ3v) is 5.89. The summed E-state index contributed by atoms with van der Waals surface area (Å²) in [6.45, 7) is 3.83. The summed E-state index contributed by atoms with van der Waals surface area (Å²) < 4.78 is 12.7. The van der Waals surface area contributed by atoms with Crippen molar-refractivity contribution in [2.75, 3.05) is 18.2 Å². The van der Waals surface area contributed by atoms with Crippen molar-refractivity contribution in [1.82, 2.24) is 20.0 Å². The van der Waals surface area contributed by atoms with Gasteiger partial charge in [-0.2, -0.15) is 5.10 Å². The maximum atomic E-state index is 12.5. The highest BCUT2D eigenvalue weighted by Gasteiger charge is 2.16. The first-order valence-electron chi connectivity index (χ1n) is 10.5. The van der Waals surface area contributed by atoms with Gasteiger partial charge in [0.05, 0.1) is 36.3 Å². The highest BCUT2D eigenvalue weighted by molar-refractivity contribution is 7.99. The predicted octanol–water partition coefficient (Wildman–Crippen LogP) is 4.59. The molecule has 0 aliphatic carbocycles. The number of aryl methyl sites for hydroxylation is 1. The number of carbonyl (C=O) groups is 1. The van der Waals surface area contributed by atoms with Crippen molar-refractivity contribution >= 4 is 23.4 Å². The van der Waals surface area contributed by atoms with Crippen molar-refractivity contribution in [1.29, 1.82) is 0 Å². The van der Waals surface area contributed by atoms with Gasteiger partial charge in [-0.15, -0.1) is 10.2 Å². The molecule has 1 N–H and O–H groups in total. The van der Waals surface area contributed by atoms with Gasteiger partial charge in [-0.3, -0.25) is 4.79 Å². The first-order chi connectivity index (χ1) is 16.0. The van der Waals surface area contributed by atoms with E-state index >= 15 is 0 Å². The Kier molecular flexibility index (Phi) is 7.09. The third-order valence-electron chi connectivity index (χ3n) is 5.07. The van der Waals surface area contributed by atoms with E-state index in [9.17, 15) is 4.79 Å². The number of benzene rings is 2. The lowest BCUT2D eigenvalue weighted by Gasteiger charge is -2.06. The number of thioether (sulfide) groups is 1. The summed E-state index contributed by atoms with van der Waals surface area (Å²) in [5.74, 6) is 1.78. The Labute approximate surface area is 196 Å². The largest absolute Gasteiger partial charge is 0.497 e. The number of rotatable bonds is 9. The van der Waals surface area contributed by atoms with Crippen LogP contribution < -0.4 is 10.1 Å². The van der Waals surface area contributed by atoms with Crippen LogP contribution in [0, 0.1) is 13.8 Å². The van der Waals surface area contributed by atoms with Gasteiger partial charge in [0, 0.05) is 12.2 Å². The molecule has 2 aromatic heterocycles. The van der Waals surface area contributed by atoms with Gasteiger partial charge in [0.2, 0.25) is 11.8 Å². The maximum absolute atomic E-state index is 12.5. The molecule has 0 aliphatic heterocycles. The van der Waals surface area contributed by atoms with Crippen LogP contribution in [0.2, 0.25) is 0 Å². The molecular formula is C24H25N5O3S. The lowest BCUT2D eigenvalue weighted by atomic mass is 10.1. The van der Waals surface area contributed by atoms with E-state index in [0.29, 0.717) is 29.7 Å². The van der Waals surface area contributed by atoms with E-state index in [-0.39, 0.29) is 5.91 Å². The molecule has 1 amide bonds. The zero-order chi connectivity index (χ0) is 23.2. The number of hydrogen-bond acceptors (Lipinski definition) is 7. The van der Waals surface area contributed by atoms with Gasteiger partial charge in [0.1, 0.15) is 5.75 Å². The highest BCUT2D eigenvalue weighted by Crippen LogP contribution is 2.24. The lowest BCUT2D eigenvalue weighted by molar-refractivity contribution is -0.115. The number of ether oxygens (including phenoxy) is 1. The minimum Gasteiger partial charge on any atom is -0.497 e. The first-order valence-corrected chi connectivity index (χ1v) is 11.5. The Bertz CT molecular complexity index is 1220. The van der Waals surface area contributed by atoms with Crippen LogP contribution in [-0.2, 0) is 11.2 Å². The second-order valence-electron chi connectivity index (χ2n) is 7.43. The van der Waals surface area contributed by atoms with Crippen molar-refractivity contribution < 1.29 is 13.9 Å². The molecule has 170 valence electrons. The van der Waals surface area contributed by atoms with Crippen LogP contribution in [0.3, 0.4) is 0 Å². The van der Waals surface area contributed by atoms with Crippen LogP contribution in [-0.4, -0.2) is 38.7 Å². The van der Waals surface area contributed by atoms with Crippen molar-refractivity contribution in [2.24, 2.45) is 0 Å². The second kappa shape index (κ2) is 10.4. The molecule has 0 aliphatic rings. The molecule has 0 saturated carbocycles. The average molecular weight is 464 g/mol. The van der Waals surface area contributed by atoms with E-state index in [0.717, 1.165) is 34.1 Å².